The van der Waals surface area contributed by atoms with Crippen LogP contribution in [0.15, 0.2) is 54.9 Å². The zero-order valence-electron chi connectivity index (χ0n) is 12.8. The van der Waals surface area contributed by atoms with Crippen LogP contribution in [0.5, 0.6) is 0 Å². The molecule has 1 heterocycles. The minimum absolute atomic E-state index is 0.0451. The molecule has 0 saturated heterocycles. The number of nitrogens with zero attached hydrogens (tertiary/aromatic N) is 2. The van der Waals surface area contributed by atoms with Gasteiger partial charge in [0.2, 0.25) is 5.91 Å². The summed E-state index contributed by atoms with van der Waals surface area (Å²) in [4.78, 5) is 16.6. The van der Waals surface area contributed by atoms with Gasteiger partial charge in [-0.15, -0.1) is 0 Å². The van der Waals surface area contributed by atoms with E-state index in [0.717, 1.165) is 22.3 Å². The molecule has 0 aliphatic carbocycles. The molecule has 0 unspecified atom stereocenters. The highest BCUT2D eigenvalue weighted by atomic mass is 16.1. The smallest absolute Gasteiger partial charge is 0.244 e. The van der Waals surface area contributed by atoms with Crippen LogP contribution in [0.1, 0.15) is 25.3 Å². The van der Waals surface area contributed by atoms with Gasteiger partial charge in [0.05, 0.1) is 17.4 Å². The number of benzene rings is 2. The molecule has 1 aromatic heterocycles. The van der Waals surface area contributed by atoms with Crippen LogP contribution in [0.25, 0.3) is 11.0 Å². The van der Waals surface area contributed by atoms with Gasteiger partial charge in [0.25, 0.3) is 0 Å². The largest absolute Gasteiger partial charge is 0.324 e. The van der Waals surface area contributed by atoms with E-state index in [9.17, 15) is 4.79 Å². The van der Waals surface area contributed by atoms with E-state index in [0.29, 0.717) is 5.92 Å². The van der Waals surface area contributed by atoms with E-state index in [1.807, 2.05) is 53.1 Å². The van der Waals surface area contributed by atoms with Crippen molar-refractivity contribution in [3.63, 3.8) is 0 Å². The summed E-state index contributed by atoms with van der Waals surface area (Å²) in [5.74, 6) is 0.321. The number of aromatic nitrogens is 2. The minimum atomic E-state index is -0.0451. The Morgan fingerprint density at radius 3 is 2.68 bits per heavy atom. The lowest BCUT2D eigenvalue weighted by molar-refractivity contribution is -0.116. The number of hydrogen-bond acceptors (Lipinski definition) is 2. The quantitative estimate of drug-likeness (QED) is 0.795. The lowest BCUT2D eigenvalue weighted by Gasteiger charge is -2.14. The fourth-order valence-corrected chi connectivity index (χ4v) is 2.60. The zero-order chi connectivity index (χ0) is 15.5. The predicted molar refractivity (Wildman–Crippen MR) is 88.9 cm³/mol. The monoisotopic (exact) mass is 293 g/mol. The fraction of sp³-hybridized carbons (Fsp3) is 0.222. The van der Waals surface area contributed by atoms with Crippen molar-refractivity contribution in [1.82, 2.24) is 9.55 Å². The Balaban J connectivity index is 1.79. The van der Waals surface area contributed by atoms with Crippen molar-refractivity contribution in [2.24, 2.45) is 0 Å². The van der Waals surface area contributed by atoms with Gasteiger partial charge in [-0.1, -0.05) is 44.2 Å². The third-order valence-corrected chi connectivity index (χ3v) is 3.70. The number of carbonyl (C=O) groups is 1. The Labute approximate surface area is 129 Å². The van der Waals surface area contributed by atoms with Crippen LogP contribution in [0.2, 0.25) is 0 Å². The maximum atomic E-state index is 12.3. The van der Waals surface area contributed by atoms with E-state index in [4.69, 9.17) is 0 Å². The number of imidazole rings is 1. The normalized spacial score (nSPS) is 11.0. The molecule has 2 aromatic carbocycles. The molecule has 0 bridgehead atoms. The van der Waals surface area contributed by atoms with Crippen molar-refractivity contribution in [1.29, 1.82) is 0 Å². The molecule has 0 saturated carbocycles. The van der Waals surface area contributed by atoms with Gasteiger partial charge in [0, 0.05) is 5.69 Å². The van der Waals surface area contributed by atoms with Crippen LogP contribution in [0.3, 0.4) is 0 Å². The molecular formula is C18H19N3O. The zero-order valence-corrected chi connectivity index (χ0v) is 12.8. The SMILES string of the molecule is CC(C)c1ccccc1NC(=O)Cn1cnc2ccccc21. The minimum Gasteiger partial charge on any atom is -0.324 e. The van der Waals surface area contributed by atoms with Crippen LogP contribution >= 0.6 is 0 Å². The van der Waals surface area contributed by atoms with Crippen LogP contribution in [0.4, 0.5) is 5.69 Å². The Hall–Kier alpha value is -2.62. The van der Waals surface area contributed by atoms with Gasteiger partial charge < -0.3 is 9.88 Å². The Morgan fingerprint density at radius 1 is 1.14 bits per heavy atom. The lowest BCUT2D eigenvalue weighted by atomic mass is 10.0. The van der Waals surface area contributed by atoms with Crippen LogP contribution in [0, 0.1) is 0 Å². The third kappa shape index (κ3) is 2.86. The summed E-state index contributed by atoms with van der Waals surface area (Å²) in [5, 5.41) is 3.01. The summed E-state index contributed by atoms with van der Waals surface area (Å²) in [6, 6.07) is 15.7. The first kappa shape index (κ1) is 14.3. The van der Waals surface area contributed by atoms with Gasteiger partial charge in [-0.2, -0.15) is 0 Å². The summed E-state index contributed by atoms with van der Waals surface area (Å²) < 4.78 is 1.86. The van der Waals surface area contributed by atoms with E-state index < -0.39 is 0 Å². The van der Waals surface area contributed by atoms with E-state index in [1.165, 1.54) is 0 Å². The summed E-state index contributed by atoms with van der Waals surface area (Å²) in [6.45, 7) is 4.50. The summed E-state index contributed by atoms with van der Waals surface area (Å²) in [6.07, 6.45) is 1.71. The molecule has 112 valence electrons. The number of fused-ring (bicyclic) bond motifs is 1. The van der Waals surface area contributed by atoms with E-state index in [1.54, 1.807) is 6.33 Å². The molecule has 22 heavy (non-hydrogen) atoms. The summed E-state index contributed by atoms with van der Waals surface area (Å²) in [7, 11) is 0. The van der Waals surface area contributed by atoms with Gasteiger partial charge in [-0.05, 0) is 29.7 Å². The fourth-order valence-electron chi connectivity index (χ4n) is 2.60. The predicted octanol–water partition coefficient (Wildman–Crippen LogP) is 3.80. The average Bonchev–Trinajstić information content (AvgIpc) is 2.91. The second-order valence-electron chi connectivity index (χ2n) is 5.65. The molecule has 0 fully saturated rings. The van der Waals surface area contributed by atoms with Gasteiger partial charge >= 0.3 is 0 Å². The highest BCUT2D eigenvalue weighted by Gasteiger charge is 2.11. The topological polar surface area (TPSA) is 46.9 Å². The number of anilines is 1. The van der Waals surface area contributed by atoms with Crippen molar-refractivity contribution < 1.29 is 4.79 Å². The maximum Gasteiger partial charge on any atom is 0.244 e. The molecule has 0 radical (unpaired) electrons. The summed E-state index contributed by atoms with van der Waals surface area (Å²) >= 11 is 0. The summed E-state index contributed by atoms with van der Waals surface area (Å²) in [5.41, 5.74) is 3.89. The highest BCUT2D eigenvalue weighted by Crippen LogP contribution is 2.23. The van der Waals surface area contributed by atoms with Gasteiger partial charge in [0.1, 0.15) is 6.54 Å². The second kappa shape index (κ2) is 6.02. The molecule has 0 aliphatic rings. The number of amides is 1. The standard InChI is InChI=1S/C18H19N3O/c1-13(2)14-7-3-4-8-15(14)20-18(22)11-21-12-19-16-9-5-6-10-17(16)21/h3-10,12-13H,11H2,1-2H3,(H,20,22). The van der Waals surface area contributed by atoms with Crippen LogP contribution in [-0.4, -0.2) is 15.5 Å². The Morgan fingerprint density at radius 2 is 1.86 bits per heavy atom. The number of hydrogen-bond donors (Lipinski definition) is 1. The molecule has 4 heteroatoms. The first-order valence-electron chi connectivity index (χ1n) is 7.44. The van der Waals surface area contributed by atoms with Gasteiger partial charge in [-0.3, -0.25) is 4.79 Å². The maximum absolute atomic E-state index is 12.3. The number of carbonyl (C=O) groups excluding carboxylic acids is 1. The first-order chi connectivity index (χ1) is 10.6. The molecule has 1 N–H and O–H groups in total. The van der Waals surface area contributed by atoms with E-state index >= 15 is 0 Å². The molecular weight excluding hydrogens is 274 g/mol. The number of para-hydroxylation sites is 3. The van der Waals surface area contributed by atoms with Crippen molar-refractivity contribution in [2.75, 3.05) is 5.32 Å². The Bertz CT molecular complexity index is 805. The van der Waals surface area contributed by atoms with Gasteiger partial charge in [0.15, 0.2) is 0 Å². The molecule has 0 spiro atoms. The van der Waals surface area contributed by atoms with Crippen molar-refractivity contribution in [2.45, 2.75) is 26.3 Å². The molecule has 0 aliphatic heterocycles. The lowest BCUT2D eigenvalue weighted by Crippen LogP contribution is -2.19. The van der Waals surface area contributed by atoms with Crippen molar-refractivity contribution in [3.8, 4) is 0 Å². The van der Waals surface area contributed by atoms with E-state index in [-0.39, 0.29) is 12.5 Å². The van der Waals surface area contributed by atoms with Crippen LogP contribution in [-0.2, 0) is 11.3 Å². The highest BCUT2D eigenvalue weighted by molar-refractivity contribution is 5.92. The molecule has 4 nitrogen and oxygen atoms in total. The number of nitrogens with one attached hydrogen (secondary N) is 1. The molecule has 3 rings (SSSR count). The second-order valence-corrected chi connectivity index (χ2v) is 5.65. The van der Waals surface area contributed by atoms with Gasteiger partial charge in [-0.25, -0.2) is 4.98 Å². The Kier molecular flexibility index (Phi) is 3.92. The number of rotatable bonds is 4. The van der Waals surface area contributed by atoms with Crippen LogP contribution < -0.4 is 5.32 Å². The molecule has 3 aromatic rings. The average molecular weight is 293 g/mol. The van der Waals surface area contributed by atoms with Crippen molar-refractivity contribution in [3.05, 3.63) is 60.4 Å². The first-order valence-corrected chi connectivity index (χ1v) is 7.44. The third-order valence-electron chi connectivity index (χ3n) is 3.70. The van der Waals surface area contributed by atoms with E-state index in [2.05, 4.69) is 24.1 Å². The molecule has 1 amide bonds. The molecule has 0 atom stereocenters. The van der Waals surface area contributed by atoms with Crippen molar-refractivity contribution >= 4 is 22.6 Å².